The summed E-state index contributed by atoms with van der Waals surface area (Å²) >= 11 is 0. The Kier molecular flexibility index (Phi) is 5.85. The van der Waals surface area contributed by atoms with E-state index >= 15 is 0 Å². The van der Waals surface area contributed by atoms with Gasteiger partial charge in [0, 0.05) is 19.3 Å². The summed E-state index contributed by atoms with van der Waals surface area (Å²) < 4.78 is 5.82. The molecule has 1 unspecified atom stereocenters. The lowest BCUT2D eigenvalue weighted by atomic mass is 9.89. The first-order chi connectivity index (χ1) is 12.5. The second-order valence-electron chi connectivity index (χ2n) is 6.98. The highest BCUT2D eigenvalue weighted by Gasteiger charge is 2.34. The fraction of sp³-hybridized carbons (Fsp3) is 0.400. The third-order valence-corrected chi connectivity index (χ3v) is 4.56. The molecule has 26 heavy (non-hydrogen) atoms. The molecule has 6 heteroatoms. The van der Waals surface area contributed by atoms with Crippen LogP contribution in [-0.4, -0.2) is 39.6 Å². The van der Waals surface area contributed by atoms with Crippen LogP contribution in [0.3, 0.4) is 0 Å². The first-order valence-corrected chi connectivity index (χ1v) is 8.86. The largest absolute Gasteiger partial charge is 0.487 e. The van der Waals surface area contributed by atoms with Crippen LogP contribution >= 0.6 is 0 Å². The molecule has 3 N–H and O–H groups in total. The molecule has 2 heterocycles. The number of pyridine rings is 1. The van der Waals surface area contributed by atoms with Gasteiger partial charge in [-0.3, -0.25) is 14.7 Å². The van der Waals surface area contributed by atoms with Gasteiger partial charge in [0.2, 0.25) is 5.91 Å². The molecule has 0 aliphatic carbocycles. The molecule has 3 rings (SSSR count). The van der Waals surface area contributed by atoms with Gasteiger partial charge in [-0.15, -0.1) is 0 Å². The Bertz CT molecular complexity index is 738. The molecule has 0 saturated carbocycles. The highest BCUT2D eigenvalue weighted by molar-refractivity contribution is 5.75. The topological polar surface area (TPSA) is 88.7 Å². The minimum atomic E-state index is -1.03. The molecule has 2 aromatic rings. The van der Waals surface area contributed by atoms with E-state index in [1.807, 2.05) is 36.4 Å². The van der Waals surface area contributed by atoms with Crippen LogP contribution < -0.4 is 10.5 Å². The van der Waals surface area contributed by atoms with Crippen molar-refractivity contribution in [1.29, 1.82) is 0 Å². The van der Waals surface area contributed by atoms with Gasteiger partial charge in [-0.25, -0.2) is 0 Å². The van der Waals surface area contributed by atoms with Crippen LogP contribution in [0.25, 0.3) is 0 Å². The van der Waals surface area contributed by atoms with Gasteiger partial charge in [-0.2, -0.15) is 0 Å². The van der Waals surface area contributed by atoms with Gasteiger partial charge in [0.05, 0.1) is 18.2 Å². The SMILES string of the molecule is NC(=O)CC1(O)CCCN(Cc2cncc(OCc3ccccc3)c2)C1. The Morgan fingerprint density at radius 1 is 1.27 bits per heavy atom. The van der Waals surface area contributed by atoms with Gasteiger partial charge >= 0.3 is 0 Å². The maximum absolute atomic E-state index is 11.2. The zero-order chi connectivity index (χ0) is 18.4. The molecule has 1 aromatic heterocycles. The molecule has 0 spiro atoms. The van der Waals surface area contributed by atoms with Gasteiger partial charge in [0.15, 0.2) is 0 Å². The number of aromatic nitrogens is 1. The maximum atomic E-state index is 11.2. The van der Waals surface area contributed by atoms with Crippen molar-refractivity contribution in [3.05, 3.63) is 59.9 Å². The number of β-amino-alcohol motifs (C(OH)–C–C–N with tert-alkyl or cyclic N) is 1. The van der Waals surface area contributed by atoms with Crippen molar-refractivity contribution in [3.63, 3.8) is 0 Å². The summed E-state index contributed by atoms with van der Waals surface area (Å²) in [4.78, 5) is 17.6. The number of primary amides is 1. The molecule has 1 aliphatic heterocycles. The molecular weight excluding hydrogens is 330 g/mol. The second kappa shape index (κ2) is 8.29. The van der Waals surface area contributed by atoms with E-state index in [9.17, 15) is 9.90 Å². The number of nitrogens with zero attached hydrogens (tertiary/aromatic N) is 2. The first-order valence-electron chi connectivity index (χ1n) is 8.86. The van der Waals surface area contributed by atoms with E-state index in [2.05, 4.69) is 9.88 Å². The number of nitrogens with two attached hydrogens (primary N) is 1. The highest BCUT2D eigenvalue weighted by Crippen LogP contribution is 2.26. The number of ether oxygens (including phenoxy) is 1. The minimum Gasteiger partial charge on any atom is -0.487 e. The maximum Gasteiger partial charge on any atom is 0.220 e. The number of benzene rings is 1. The molecular formula is C20H25N3O3. The summed E-state index contributed by atoms with van der Waals surface area (Å²) in [5.74, 6) is 0.253. The summed E-state index contributed by atoms with van der Waals surface area (Å²) in [5, 5.41) is 10.6. The predicted molar refractivity (Wildman–Crippen MR) is 98.3 cm³/mol. The van der Waals surface area contributed by atoms with Crippen LogP contribution in [0.4, 0.5) is 0 Å². The second-order valence-corrected chi connectivity index (χ2v) is 6.98. The quantitative estimate of drug-likeness (QED) is 0.791. The number of hydrogen-bond acceptors (Lipinski definition) is 5. The van der Waals surface area contributed by atoms with Crippen molar-refractivity contribution < 1.29 is 14.6 Å². The molecule has 1 amide bonds. The van der Waals surface area contributed by atoms with Crippen LogP contribution in [0.2, 0.25) is 0 Å². The normalized spacial score (nSPS) is 20.7. The number of carbonyl (C=O) groups is 1. The number of piperidine rings is 1. The monoisotopic (exact) mass is 355 g/mol. The van der Waals surface area contributed by atoms with E-state index in [0.717, 1.165) is 29.8 Å². The van der Waals surface area contributed by atoms with Crippen LogP contribution in [0, 0.1) is 0 Å². The highest BCUT2D eigenvalue weighted by atomic mass is 16.5. The molecule has 6 nitrogen and oxygen atoms in total. The van der Waals surface area contributed by atoms with Gasteiger partial charge in [0.1, 0.15) is 12.4 Å². The molecule has 1 atom stereocenters. The van der Waals surface area contributed by atoms with Crippen LogP contribution in [0.5, 0.6) is 5.75 Å². The smallest absolute Gasteiger partial charge is 0.220 e. The number of aliphatic hydroxyl groups is 1. The Labute approximate surface area is 153 Å². The number of hydrogen-bond donors (Lipinski definition) is 2. The molecule has 1 aromatic carbocycles. The lowest BCUT2D eigenvalue weighted by Crippen LogP contribution is -2.49. The van der Waals surface area contributed by atoms with Crippen molar-refractivity contribution >= 4 is 5.91 Å². The lowest BCUT2D eigenvalue weighted by molar-refractivity contribution is -0.125. The third kappa shape index (κ3) is 5.28. The molecule has 1 aliphatic rings. The van der Waals surface area contributed by atoms with E-state index in [1.54, 1.807) is 12.4 Å². The van der Waals surface area contributed by atoms with Crippen molar-refractivity contribution in [1.82, 2.24) is 9.88 Å². The van der Waals surface area contributed by atoms with E-state index in [0.29, 0.717) is 26.1 Å². The van der Waals surface area contributed by atoms with Gasteiger partial charge in [-0.05, 0) is 36.6 Å². The standard InChI is InChI=1S/C20H25N3O3/c21-19(24)10-20(25)7-4-8-23(15-20)13-17-9-18(12-22-11-17)26-14-16-5-2-1-3-6-16/h1-3,5-6,9,11-12,25H,4,7-8,10,13-15H2,(H2,21,24). The Morgan fingerprint density at radius 3 is 2.85 bits per heavy atom. The zero-order valence-corrected chi connectivity index (χ0v) is 14.8. The average Bonchev–Trinajstić information content (AvgIpc) is 2.60. The molecule has 138 valence electrons. The molecule has 1 saturated heterocycles. The van der Waals surface area contributed by atoms with Gasteiger partial charge in [0.25, 0.3) is 0 Å². The van der Waals surface area contributed by atoms with Crippen LogP contribution in [0.15, 0.2) is 48.8 Å². The Hall–Kier alpha value is -2.44. The average molecular weight is 355 g/mol. The van der Waals surface area contributed by atoms with Crippen molar-refractivity contribution in [2.75, 3.05) is 13.1 Å². The van der Waals surface area contributed by atoms with Gasteiger partial charge in [-0.1, -0.05) is 30.3 Å². The zero-order valence-electron chi connectivity index (χ0n) is 14.8. The number of carbonyl (C=O) groups excluding carboxylic acids is 1. The van der Waals surface area contributed by atoms with Crippen molar-refractivity contribution in [3.8, 4) is 5.75 Å². The minimum absolute atomic E-state index is 0.00196. The fourth-order valence-corrected chi connectivity index (χ4v) is 3.44. The van der Waals surface area contributed by atoms with E-state index in [-0.39, 0.29) is 6.42 Å². The van der Waals surface area contributed by atoms with E-state index in [4.69, 9.17) is 10.5 Å². The number of likely N-dealkylation sites (tertiary alicyclic amines) is 1. The summed E-state index contributed by atoms with van der Waals surface area (Å²) in [6, 6.07) is 11.9. The molecule has 0 radical (unpaired) electrons. The van der Waals surface area contributed by atoms with Gasteiger partial charge < -0.3 is 15.6 Å². The van der Waals surface area contributed by atoms with Crippen LogP contribution in [-0.2, 0) is 17.9 Å². The van der Waals surface area contributed by atoms with E-state index in [1.165, 1.54) is 0 Å². The predicted octanol–water partition coefficient (Wildman–Crippen LogP) is 1.86. The lowest BCUT2D eigenvalue weighted by Gasteiger charge is -2.38. The van der Waals surface area contributed by atoms with E-state index < -0.39 is 11.5 Å². The fourth-order valence-electron chi connectivity index (χ4n) is 3.44. The third-order valence-electron chi connectivity index (χ3n) is 4.56. The van der Waals surface area contributed by atoms with Crippen LogP contribution in [0.1, 0.15) is 30.4 Å². The Morgan fingerprint density at radius 2 is 2.08 bits per heavy atom. The molecule has 1 fully saturated rings. The summed E-state index contributed by atoms with van der Waals surface area (Å²) in [7, 11) is 0. The summed E-state index contributed by atoms with van der Waals surface area (Å²) in [5.41, 5.74) is 6.35. The first kappa shape index (κ1) is 18.4. The van der Waals surface area contributed by atoms with Crippen molar-refractivity contribution in [2.24, 2.45) is 5.73 Å². The Balaban J connectivity index is 1.58. The van der Waals surface area contributed by atoms with Crippen molar-refractivity contribution in [2.45, 2.75) is 38.0 Å². The number of rotatable bonds is 7. The number of amides is 1. The molecule has 0 bridgehead atoms. The summed E-state index contributed by atoms with van der Waals surface area (Å²) in [6.45, 7) is 2.45. The summed E-state index contributed by atoms with van der Waals surface area (Å²) in [6.07, 6.45) is 4.94.